The first-order valence-corrected chi connectivity index (χ1v) is 8.47. The zero-order valence-electron chi connectivity index (χ0n) is 14.4. The van der Waals surface area contributed by atoms with Crippen LogP contribution in [0.5, 0.6) is 0 Å². The highest BCUT2D eigenvalue weighted by Gasteiger charge is 2.28. The van der Waals surface area contributed by atoms with Crippen molar-refractivity contribution in [3.05, 3.63) is 34.4 Å². The molecule has 25 heavy (non-hydrogen) atoms. The Balaban J connectivity index is 1.56. The molecule has 0 N–H and O–H groups in total. The van der Waals surface area contributed by atoms with Gasteiger partial charge in [0.2, 0.25) is 5.91 Å². The molecule has 1 aliphatic heterocycles. The summed E-state index contributed by atoms with van der Waals surface area (Å²) in [6, 6.07) is 1.90. The van der Waals surface area contributed by atoms with Gasteiger partial charge in [-0.1, -0.05) is 0 Å². The molecular weight excluding hydrogens is 322 g/mol. The van der Waals surface area contributed by atoms with Crippen LogP contribution in [0.25, 0.3) is 0 Å². The van der Waals surface area contributed by atoms with E-state index in [0.717, 1.165) is 24.5 Å². The van der Waals surface area contributed by atoms with Gasteiger partial charge in [-0.3, -0.25) is 9.36 Å². The molecule has 1 aliphatic carbocycles. The lowest BCUT2D eigenvalue weighted by Crippen LogP contribution is -2.38. The van der Waals surface area contributed by atoms with E-state index in [0.29, 0.717) is 31.4 Å². The molecule has 2 aromatic rings. The highest BCUT2D eigenvalue weighted by molar-refractivity contribution is 5.75. The lowest BCUT2D eigenvalue weighted by atomic mass is 10.3. The fourth-order valence-corrected chi connectivity index (χ4v) is 2.94. The zero-order valence-corrected chi connectivity index (χ0v) is 14.4. The Morgan fingerprint density at radius 1 is 1.32 bits per heavy atom. The second-order valence-electron chi connectivity index (χ2n) is 6.77. The topological polar surface area (TPSA) is 89.2 Å². The fraction of sp³-hybridized carbons (Fsp3) is 0.562. The molecule has 0 atom stereocenters. The van der Waals surface area contributed by atoms with Crippen LogP contribution >= 0.6 is 0 Å². The van der Waals surface area contributed by atoms with E-state index in [2.05, 4.69) is 20.0 Å². The van der Waals surface area contributed by atoms with E-state index in [1.54, 1.807) is 24.9 Å². The van der Waals surface area contributed by atoms with Crippen molar-refractivity contribution in [3.8, 4) is 0 Å². The maximum atomic E-state index is 12.4. The van der Waals surface area contributed by atoms with E-state index in [-0.39, 0.29) is 18.1 Å². The molecular formula is C16H21N7O2. The minimum atomic E-state index is -0.230. The van der Waals surface area contributed by atoms with Gasteiger partial charge in [-0.25, -0.2) is 19.4 Å². The van der Waals surface area contributed by atoms with Crippen molar-refractivity contribution in [1.82, 2.24) is 29.2 Å². The van der Waals surface area contributed by atoms with Crippen molar-refractivity contribution in [2.75, 3.05) is 25.5 Å². The van der Waals surface area contributed by atoms with Gasteiger partial charge < -0.3 is 9.80 Å². The lowest BCUT2D eigenvalue weighted by molar-refractivity contribution is -0.129. The summed E-state index contributed by atoms with van der Waals surface area (Å²) < 4.78 is 2.89. The van der Waals surface area contributed by atoms with Crippen molar-refractivity contribution >= 4 is 11.7 Å². The first-order chi connectivity index (χ1) is 12.0. The predicted octanol–water partition coefficient (Wildman–Crippen LogP) is -0.179. The molecule has 0 saturated heterocycles. The number of likely N-dealkylation sites (N-methyl/N-ethyl adjacent to an activating group) is 1. The van der Waals surface area contributed by atoms with E-state index in [1.165, 1.54) is 9.58 Å². The Kier molecular flexibility index (Phi) is 3.78. The number of aromatic nitrogens is 5. The summed E-state index contributed by atoms with van der Waals surface area (Å²) in [5, 5.41) is 4.35. The highest BCUT2D eigenvalue weighted by atomic mass is 16.2. The van der Waals surface area contributed by atoms with Gasteiger partial charge in [-0.15, -0.1) is 0 Å². The zero-order chi connectivity index (χ0) is 17.6. The lowest BCUT2D eigenvalue weighted by Gasteiger charge is -2.27. The second kappa shape index (κ2) is 5.98. The van der Waals surface area contributed by atoms with Crippen LogP contribution in [0.4, 0.5) is 5.82 Å². The van der Waals surface area contributed by atoms with Gasteiger partial charge in [0.1, 0.15) is 18.2 Å². The van der Waals surface area contributed by atoms with Crippen LogP contribution in [0.3, 0.4) is 0 Å². The summed E-state index contributed by atoms with van der Waals surface area (Å²) in [6.07, 6.45) is 4.12. The summed E-state index contributed by atoms with van der Waals surface area (Å²) in [7, 11) is 3.33. The van der Waals surface area contributed by atoms with Crippen LogP contribution in [0.15, 0.2) is 17.1 Å². The van der Waals surface area contributed by atoms with E-state index < -0.39 is 0 Å². The molecule has 2 aliphatic rings. The van der Waals surface area contributed by atoms with Gasteiger partial charge in [-0.05, 0) is 18.9 Å². The molecule has 0 unspecified atom stereocenters. The minimum Gasteiger partial charge on any atom is -0.347 e. The van der Waals surface area contributed by atoms with Crippen molar-refractivity contribution in [2.24, 2.45) is 0 Å². The summed E-state index contributed by atoms with van der Waals surface area (Å²) in [5.41, 5.74) is -0.230. The van der Waals surface area contributed by atoms with E-state index in [9.17, 15) is 9.59 Å². The van der Waals surface area contributed by atoms with Crippen LogP contribution in [0, 0.1) is 0 Å². The summed E-state index contributed by atoms with van der Waals surface area (Å²) in [6.45, 7) is 1.68. The Morgan fingerprint density at radius 3 is 2.84 bits per heavy atom. The molecule has 9 nitrogen and oxygen atoms in total. The van der Waals surface area contributed by atoms with Crippen molar-refractivity contribution in [1.29, 1.82) is 0 Å². The Labute approximate surface area is 144 Å². The van der Waals surface area contributed by atoms with Gasteiger partial charge in [0.15, 0.2) is 5.82 Å². The number of carbonyl (C=O) groups is 1. The number of amides is 1. The smallest absolute Gasteiger partial charge is 0.346 e. The molecule has 1 fully saturated rings. The molecule has 2 aromatic heterocycles. The van der Waals surface area contributed by atoms with Crippen LogP contribution in [-0.2, 0) is 24.4 Å². The van der Waals surface area contributed by atoms with Crippen molar-refractivity contribution in [3.63, 3.8) is 0 Å². The van der Waals surface area contributed by atoms with Crippen molar-refractivity contribution < 1.29 is 4.79 Å². The normalized spacial score (nSPS) is 16.6. The van der Waals surface area contributed by atoms with Crippen molar-refractivity contribution in [2.45, 2.75) is 38.4 Å². The van der Waals surface area contributed by atoms with Gasteiger partial charge in [0, 0.05) is 39.3 Å². The number of nitrogens with zero attached hydrogens (tertiary/aromatic N) is 7. The SMILES string of the molecule is CN(C)C(=O)Cn1nc2n(c1=O)CCN(c1ccnc(C3CC3)n1)C2. The standard InChI is InChI=1S/C16H21N7O2/c1-20(2)14(24)10-23-16(25)22-8-7-21(9-13(22)19-23)12-5-6-17-15(18-12)11-3-4-11/h5-6,11H,3-4,7-10H2,1-2H3. The number of hydrogen-bond acceptors (Lipinski definition) is 6. The third kappa shape index (κ3) is 3.01. The molecule has 0 radical (unpaired) electrons. The molecule has 4 rings (SSSR count). The Hall–Kier alpha value is -2.71. The van der Waals surface area contributed by atoms with Gasteiger partial charge in [-0.2, -0.15) is 5.10 Å². The van der Waals surface area contributed by atoms with E-state index >= 15 is 0 Å². The quantitative estimate of drug-likeness (QED) is 0.765. The van der Waals surface area contributed by atoms with Gasteiger partial charge >= 0.3 is 5.69 Å². The molecule has 0 bridgehead atoms. The van der Waals surface area contributed by atoms with Crippen LogP contribution in [0.2, 0.25) is 0 Å². The third-order valence-electron chi connectivity index (χ3n) is 4.64. The Bertz CT molecular complexity index is 866. The maximum Gasteiger partial charge on any atom is 0.346 e. The summed E-state index contributed by atoms with van der Waals surface area (Å²) in [4.78, 5) is 36.9. The minimum absolute atomic E-state index is 0.0365. The maximum absolute atomic E-state index is 12.4. The number of fused-ring (bicyclic) bond motifs is 1. The van der Waals surface area contributed by atoms with Crippen LogP contribution < -0.4 is 10.6 Å². The first kappa shape index (κ1) is 15.8. The molecule has 9 heteroatoms. The van der Waals surface area contributed by atoms with E-state index in [1.807, 2.05) is 6.07 Å². The highest BCUT2D eigenvalue weighted by Crippen LogP contribution is 2.38. The van der Waals surface area contributed by atoms with Gasteiger partial charge in [0.05, 0.1) is 6.54 Å². The number of rotatable bonds is 4. The molecule has 1 saturated carbocycles. The van der Waals surface area contributed by atoms with Crippen LogP contribution in [0.1, 0.15) is 30.4 Å². The molecule has 1 amide bonds. The van der Waals surface area contributed by atoms with E-state index in [4.69, 9.17) is 0 Å². The monoisotopic (exact) mass is 343 g/mol. The predicted molar refractivity (Wildman–Crippen MR) is 90.2 cm³/mol. The Morgan fingerprint density at radius 2 is 2.12 bits per heavy atom. The molecule has 132 valence electrons. The third-order valence-corrected chi connectivity index (χ3v) is 4.64. The average Bonchev–Trinajstić information content (AvgIpc) is 3.41. The number of anilines is 1. The second-order valence-corrected chi connectivity index (χ2v) is 6.77. The molecule has 3 heterocycles. The largest absolute Gasteiger partial charge is 0.347 e. The molecule has 0 spiro atoms. The molecule has 0 aromatic carbocycles. The number of hydrogen-bond donors (Lipinski definition) is 0. The van der Waals surface area contributed by atoms with Gasteiger partial charge in [0.25, 0.3) is 0 Å². The average molecular weight is 343 g/mol. The summed E-state index contributed by atoms with van der Waals surface area (Å²) in [5.74, 6) is 2.78. The first-order valence-electron chi connectivity index (χ1n) is 8.47. The fourth-order valence-electron chi connectivity index (χ4n) is 2.94. The number of carbonyl (C=O) groups excluding carboxylic acids is 1. The van der Waals surface area contributed by atoms with Crippen LogP contribution in [-0.4, -0.2) is 55.8 Å². The summed E-state index contributed by atoms with van der Waals surface area (Å²) >= 11 is 0.